The summed E-state index contributed by atoms with van der Waals surface area (Å²) in [5.41, 5.74) is 2.63. The summed E-state index contributed by atoms with van der Waals surface area (Å²) in [6, 6.07) is 18.8. The second-order valence-corrected chi connectivity index (χ2v) is 10.6. The van der Waals surface area contributed by atoms with E-state index in [4.69, 9.17) is 21.1 Å². The molecule has 0 aliphatic carbocycles. The van der Waals surface area contributed by atoms with Crippen LogP contribution >= 0.6 is 55.2 Å². The standard InChI is InChI=1S/C26H21Br2ClN2O3S/c1-3-31-25(32)23(35-26(31)30-19-8-10-20(33-2)11-9-19)14-17-12-21(27)24(22(28)13-17)34-15-16-4-6-18(29)7-5-16/h4-14H,3,15H2,1-2H3/b23-14+,30-26?. The third kappa shape index (κ3) is 6.30. The van der Waals surface area contributed by atoms with Crippen LogP contribution in [-0.4, -0.2) is 29.6 Å². The number of hydrogen-bond acceptors (Lipinski definition) is 5. The number of hydrogen-bond donors (Lipinski definition) is 0. The zero-order chi connectivity index (χ0) is 24.9. The molecule has 1 saturated heterocycles. The number of likely N-dealkylation sites (N-methyl/N-ethyl adjacent to an activating group) is 1. The molecule has 0 unspecified atom stereocenters. The van der Waals surface area contributed by atoms with Gasteiger partial charge in [-0.05, 0) is 116 Å². The Hall–Kier alpha value is -2.26. The summed E-state index contributed by atoms with van der Waals surface area (Å²) in [5, 5.41) is 1.33. The number of methoxy groups -OCH3 is 1. The molecule has 0 bridgehead atoms. The van der Waals surface area contributed by atoms with Crippen LogP contribution in [0.1, 0.15) is 18.1 Å². The van der Waals surface area contributed by atoms with Crippen LogP contribution in [0, 0.1) is 0 Å². The average molecular weight is 637 g/mol. The summed E-state index contributed by atoms with van der Waals surface area (Å²) in [7, 11) is 1.62. The van der Waals surface area contributed by atoms with E-state index in [1.165, 1.54) is 11.8 Å². The summed E-state index contributed by atoms with van der Waals surface area (Å²) >= 11 is 14.5. The van der Waals surface area contributed by atoms with Crippen LogP contribution in [-0.2, 0) is 11.4 Å². The van der Waals surface area contributed by atoms with E-state index in [1.807, 2.05) is 73.7 Å². The van der Waals surface area contributed by atoms with E-state index in [-0.39, 0.29) is 5.91 Å². The molecule has 0 atom stereocenters. The molecule has 3 aromatic rings. The third-order valence-electron chi connectivity index (χ3n) is 5.12. The van der Waals surface area contributed by atoms with Gasteiger partial charge in [0.2, 0.25) is 0 Å². The van der Waals surface area contributed by atoms with E-state index < -0.39 is 0 Å². The molecule has 1 aliphatic heterocycles. The highest BCUT2D eigenvalue weighted by atomic mass is 79.9. The first-order valence-corrected chi connectivity index (χ1v) is 13.5. The van der Waals surface area contributed by atoms with Crippen molar-refractivity contribution in [3.8, 4) is 11.5 Å². The number of ether oxygens (including phenoxy) is 2. The van der Waals surface area contributed by atoms with Gasteiger partial charge >= 0.3 is 0 Å². The fourth-order valence-corrected chi connectivity index (χ4v) is 5.96. The van der Waals surface area contributed by atoms with E-state index in [1.54, 1.807) is 12.0 Å². The summed E-state index contributed by atoms with van der Waals surface area (Å²) in [6.45, 7) is 2.87. The highest BCUT2D eigenvalue weighted by molar-refractivity contribution is 9.11. The molecule has 180 valence electrons. The van der Waals surface area contributed by atoms with Gasteiger partial charge in [0.15, 0.2) is 5.17 Å². The van der Waals surface area contributed by atoms with Crippen molar-refractivity contribution < 1.29 is 14.3 Å². The lowest BCUT2D eigenvalue weighted by molar-refractivity contribution is -0.122. The predicted molar refractivity (Wildman–Crippen MR) is 151 cm³/mol. The Labute approximate surface area is 230 Å². The molecule has 1 fully saturated rings. The summed E-state index contributed by atoms with van der Waals surface area (Å²) in [4.78, 5) is 20.0. The number of amidine groups is 1. The van der Waals surface area contributed by atoms with Crippen LogP contribution < -0.4 is 9.47 Å². The van der Waals surface area contributed by atoms with Gasteiger partial charge in [-0.2, -0.15) is 0 Å². The molecule has 9 heteroatoms. The van der Waals surface area contributed by atoms with Crippen molar-refractivity contribution in [1.82, 2.24) is 4.90 Å². The molecule has 4 rings (SSSR count). The fraction of sp³-hybridized carbons (Fsp3) is 0.154. The predicted octanol–water partition coefficient (Wildman–Crippen LogP) is 8.08. The van der Waals surface area contributed by atoms with Crippen molar-refractivity contribution in [3.63, 3.8) is 0 Å². The Morgan fingerprint density at radius 3 is 2.31 bits per heavy atom. The first-order valence-electron chi connectivity index (χ1n) is 10.7. The maximum absolute atomic E-state index is 13.0. The number of carbonyl (C=O) groups excluding carboxylic acids is 1. The number of carbonyl (C=O) groups is 1. The third-order valence-corrected chi connectivity index (χ3v) is 7.55. The Balaban J connectivity index is 1.54. The van der Waals surface area contributed by atoms with Crippen molar-refractivity contribution in [2.24, 2.45) is 4.99 Å². The zero-order valence-electron chi connectivity index (χ0n) is 18.9. The van der Waals surface area contributed by atoms with Gasteiger partial charge in [-0.3, -0.25) is 9.69 Å². The molecule has 0 N–H and O–H groups in total. The first-order chi connectivity index (χ1) is 16.9. The second-order valence-electron chi connectivity index (χ2n) is 7.48. The lowest BCUT2D eigenvalue weighted by Crippen LogP contribution is -2.28. The molecule has 0 saturated carbocycles. The molecule has 1 aliphatic rings. The number of rotatable bonds is 7. The summed E-state index contributed by atoms with van der Waals surface area (Å²) in [6.07, 6.45) is 1.87. The Kier molecular flexibility index (Phi) is 8.59. The van der Waals surface area contributed by atoms with E-state index in [0.29, 0.717) is 34.0 Å². The maximum Gasteiger partial charge on any atom is 0.266 e. The molecule has 1 heterocycles. The molecule has 0 radical (unpaired) electrons. The van der Waals surface area contributed by atoms with E-state index in [2.05, 4.69) is 36.9 Å². The van der Waals surface area contributed by atoms with Crippen molar-refractivity contribution >= 4 is 78.1 Å². The number of halogens is 3. The highest BCUT2D eigenvalue weighted by Gasteiger charge is 2.32. The molecule has 0 spiro atoms. The lowest BCUT2D eigenvalue weighted by atomic mass is 10.2. The molecule has 5 nitrogen and oxygen atoms in total. The van der Waals surface area contributed by atoms with Crippen LogP contribution in [0.5, 0.6) is 11.5 Å². The monoisotopic (exact) mass is 634 g/mol. The van der Waals surface area contributed by atoms with Gasteiger partial charge in [-0.25, -0.2) is 4.99 Å². The van der Waals surface area contributed by atoms with Crippen molar-refractivity contribution in [1.29, 1.82) is 0 Å². The SMILES string of the molecule is CCN1C(=O)/C(=C\c2cc(Br)c(OCc3ccc(Cl)cc3)c(Br)c2)SC1=Nc1ccc(OC)cc1. The number of benzene rings is 3. The van der Waals surface area contributed by atoms with Gasteiger partial charge in [-0.15, -0.1) is 0 Å². The normalized spacial score (nSPS) is 15.8. The van der Waals surface area contributed by atoms with Gasteiger partial charge in [-0.1, -0.05) is 23.7 Å². The largest absolute Gasteiger partial charge is 0.497 e. The zero-order valence-corrected chi connectivity index (χ0v) is 23.7. The number of aliphatic imine (C=N–C) groups is 1. The second kappa shape index (κ2) is 11.6. The number of thioether (sulfide) groups is 1. The maximum atomic E-state index is 13.0. The first kappa shape index (κ1) is 25.8. The van der Waals surface area contributed by atoms with Gasteiger partial charge in [0.1, 0.15) is 18.1 Å². The lowest BCUT2D eigenvalue weighted by Gasteiger charge is -2.12. The van der Waals surface area contributed by atoms with E-state index >= 15 is 0 Å². The molecule has 3 aromatic carbocycles. The molecular weight excluding hydrogens is 616 g/mol. The fourth-order valence-electron chi connectivity index (χ4n) is 3.33. The highest BCUT2D eigenvalue weighted by Crippen LogP contribution is 2.38. The molecule has 35 heavy (non-hydrogen) atoms. The molecule has 0 aromatic heterocycles. The van der Waals surface area contributed by atoms with Crippen LogP contribution in [0.15, 0.2) is 79.5 Å². The Morgan fingerprint density at radius 1 is 1.06 bits per heavy atom. The van der Waals surface area contributed by atoms with E-state index in [0.717, 1.165) is 31.5 Å². The number of amides is 1. The quantitative estimate of drug-likeness (QED) is 0.246. The minimum absolute atomic E-state index is 0.0694. The van der Waals surface area contributed by atoms with Gasteiger partial charge in [0, 0.05) is 11.6 Å². The molecular formula is C26H21Br2ClN2O3S. The van der Waals surface area contributed by atoms with Gasteiger partial charge in [0.25, 0.3) is 5.91 Å². The summed E-state index contributed by atoms with van der Waals surface area (Å²) < 4.78 is 12.8. The van der Waals surface area contributed by atoms with Crippen LogP contribution in [0.4, 0.5) is 5.69 Å². The van der Waals surface area contributed by atoms with Crippen molar-refractivity contribution in [3.05, 3.63) is 90.7 Å². The van der Waals surface area contributed by atoms with Gasteiger partial charge < -0.3 is 9.47 Å². The summed E-state index contributed by atoms with van der Waals surface area (Å²) in [5.74, 6) is 1.37. The van der Waals surface area contributed by atoms with E-state index in [9.17, 15) is 4.79 Å². The minimum Gasteiger partial charge on any atom is -0.497 e. The molecule has 1 amide bonds. The topological polar surface area (TPSA) is 51.1 Å². The van der Waals surface area contributed by atoms with Gasteiger partial charge in [0.05, 0.1) is 26.6 Å². The van der Waals surface area contributed by atoms with Crippen LogP contribution in [0.2, 0.25) is 5.02 Å². The van der Waals surface area contributed by atoms with Crippen molar-refractivity contribution in [2.75, 3.05) is 13.7 Å². The van der Waals surface area contributed by atoms with Crippen molar-refractivity contribution in [2.45, 2.75) is 13.5 Å². The Morgan fingerprint density at radius 2 is 1.71 bits per heavy atom. The smallest absolute Gasteiger partial charge is 0.266 e. The average Bonchev–Trinajstić information content (AvgIpc) is 3.13. The Bertz CT molecular complexity index is 1270. The minimum atomic E-state index is -0.0694. The van der Waals surface area contributed by atoms with Crippen LogP contribution in [0.25, 0.3) is 6.08 Å². The number of nitrogens with zero attached hydrogens (tertiary/aromatic N) is 2. The van der Waals surface area contributed by atoms with Crippen LogP contribution in [0.3, 0.4) is 0 Å².